The number of carbonyl (C=O) groups is 2. The molecule has 2 aliphatic rings. The van der Waals surface area contributed by atoms with Gasteiger partial charge in [-0.3, -0.25) is 9.59 Å². The van der Waals surface area contributed by atoms with Crippen LogP contribution in [0.2, 0.25) is 0 Å². The van der Waals surface area contributed by atoms with Gasteiger partial charge in [-0.1, -0.05) is 60.3 Å². The zero-order valence-corrected chi connectivity index (χ0v) is 18.7. The normalized spacial score (nSPS) is 16.7. The Balaban J connectivity index is 0.000000172. The molecule has 0 spiro atoms. The molecule has 1 aromatic heterocycles. The van der Waals surface area contributed by atoms with Gasteiger partial charge in [0.2, 0.25) is 5.91 Å². The second-order valence-corrected chi connectivity index (χ2v) is 8.49. The van der Waals surface area contributed by atoms with Gasteiger partial charge in [-0.25, -0.2) is 0 Å². The van der Waals surface area contributed by atoms with E-state index in [1.165, 1.54) is 24.8 Å². The molecule has 5 N–H and O–H groups in total. The monoisotopic (exact) mass is 428 g/mol. The van der Waals surface area contributed by atoms with Crippen molar-refractivity contribution in [1.29, 1.82) is 0 Å². The smallest absolute Gasteiger partial charge is 0.270 e. The van der Waals surface area contributed by atoms with Crippen LogP contribution in [0.15, 0.2) is 40.9 Å². The summed E-state index contributed by atoms with van der Waals surface area (Å²) < 4.78 is 4.90. The zero-order valence-electron chi connectivity index (χ0n) is 18.7. The first kappa shape index (κ1) is 24.6. The Labute approximate surface area is 184 Å². The third-order valence-corrected chi connectivity index (χ3v) is 5.18. The van der Waals surface area contributed by atoms with Crippen molar-refractivity contribution in [3.05, 3.63) is 53.4 Å². The number of primary amides is 1. The molecular formula is C24H36N4O3. The van der Waals surface area contributed by atoms with Crippen molar-refractivity contribution in [2.24, 2.45) is 11.5 Å². The third kappa shape index (κ3) is 10.3. The highest BCUT2D eigenvalue weighted by Crippen LogP contribution is 2.40. The Kier molecular flexibility index (Phi) is 10.2. The Morgan fingerprint density at radius 1 is 1.13 bits per heavy atom. The molecule has 1 atom stereocenters. The predicted molar refractivity (Wildman–Crippen MR) is 121 cm³/mol. The Morgan fingerprint density at radius 2 is 1.77 bits per heavy atom. The Bertz CT molecular complexity index is 794. The van der Waals surface area contributed by atoms with Crippen LogP contribution in [0, 0.1) is 6.92 Å². The summed E-state index contributed by atoms with van der Waals surface area (Å²) in [7, 11) is 0. The summed E-state index contributed by atoms with van der Waals surface area (Å²) in [5, 5.41) is 6.56. The van der Waals surface area contributed by atoms with E-state index in [1.54, 1.807) is 6.07 Å². The highest BCUT2D eigenvalue weighted by molar-refractivity contribution is 5.90. The summed E-state index contributed by atoms with van der Waals surface area (Å²) in [6.45, 7) is 3.94. The van der Waals surface area contributed by atoms with E-state index in [1.807, 2.05) is 25.1 Å². The van der Waals surface area contributed by atoms with Crippen LogP contribution in [-0.2, 0) is 4.79 Å². The van der Waals surface area contributed by atoms with Crippen molar-refractivity contribution in [2.45, 2.75) is 83.2 Å². The number of carbonyl (C=O) groups excluding carboxylic acids is 2. The fraction of sp³-hybridized carbons (Fsp3) is 0.542. The molecule has 1 heterocycles. The lowest BCUT2D eigenvalue weighted by Gasteiger charge is -2.23. The van der Waals surface area contributed by atoms with Gasteiger partial charge in [-0.05, 0) is 39.5 Å². The average molecular weight is 429 g/mol. The van der Waals surface area contributed by atoms with Crippen LogP contribution >= 0.6 is 0 Å². The van der Waals surface area contributed by atoms with Crippen LogP contribution in [0.4, 0.5) is 0 Å². The maximum Gasteiger partial charge on any atom is 0.270 e. The molecule has 170 valence electrons. The summed E-state index contributed by atoms with van der Waals surface area (Å²) in [5.41, 5.74) is 12.1. The minimum absolute atomic E-state index is 0.0245. The summed E-state index contributed by atoms with van der Waals surface area (Å²) in [6, 6.07) is 12.3. The molecule has 0 saturated heterocycles. The lowest BCUT2D eigenvalue weighted by Crippen LogP contribution is -2.38. The standard InChI is InChI=1S/C10H20N2O.C7H8N2O2.C7H8/c1-8(11)7-10(13)12-9-5-3-2-4-6-9;8-7(10)5-3-6(11-9-5)4-1-2-4;1-7-5-3-2-4-6-7/h8-9H,2-7,11H2,1H3,(H,12,13);3-4H,1-2H2,(H2,8,10);2-6H,1H3. The minimum Gasteiger partial charge on any atom is -0.364 e. The van der Waals surface area contributed by atoms with E-state index in [-0.39, 0.29) is 17.6 Å². The van der Waals surface area contributed by atoms with Gasteiger partial charge >= 0.3 is 0 Å². The Morgan fingerprint density at radius 3 is 2.23 bits per heavy atom. The topological polar surface area (TPSA) is 124 Å². The van der Waals surface area contributed by atoms with E-state index in [0.717, 1.165) is 31.4 Å². The zero-order chi connectivity index (χ0) is 22.6. The highest BCUT2D eigenvalue weighted by atomic mass is 16.5. The fourth-order valence-electron chi connectivity index (χ4n) is 3.33. The molecule has 2 amide bonds. The summed E-state index contributed by atoms with van der Waals surface area (Å²) >= 11 is 0. The molecule has 0 bridgehead atoms. The summed E-state index contributed by atoms with van der Waals surface area (Å²) in [4.78, 5) is 21.9. The van der Waals surface area contributed by atoms with E-state index in [0.29, 0.717) is 18.4 Å². The number of aromatic nitrogens is 1. The number of nitrogens with one attached hydrogen (secondary N) is 1. The maximum atomic E-state index is 11.3. The van der Waals surface area contributed by atoms with Gasteiger partial charge in [0, 0.05) is 30.5 Å². The number of aryl methyl sites for hydroxylation is 1. The predicted octanol–water partition coefficient (Wildman–Crippen LogP) is 3.82. The lowest BCUT2D eigenvalue weighted by molar-refractivity contribution is -0.122. The molecule has 7 nitrogen and oxygen atoms in total. The fourth-order valence-corrected chi connectivity index (χ4v) is 3.33. The van der Waals surface area contributed by atoms with Gasteiger partial charge in [0.1, 0.15) is 5.76 Å². The van der Waals surface area contributed by atoms with Gasteiger partial charge < -0.3 is 21.3 Å². The summed E-state index contributed by atoms with van der Waals surface area (Å²) in [6.07, 6.45) is 8.83. The second-order valence-electron chi connectivity index (χ2n) is 8.49. The molecular weight excluding hydrogens is 392 g/mol. The molecule has 2 aliphatic carbocycles. The van der Waals surface area contributed by atoms with Crippen LogP contribution in [0.5, 0.6) is 0 Å². The minimum atomic E-state index is -0.527. The molecule has 1 unspecified atom stereocenters. The molecule has 2 fully saturated rings. The number of nitrogens with zero attached hydrogens (tertiary/aromatic N) is 1. The molecule has 4 rings (SSSR count). The number of hydrogen-bond donors (Lipinski definition) is 3. The van der Waals surface area contributed by atoms with Crippen molar-refractivity contribution in [3.63, 3.8) is 0 Å². The quantitative estimate of drug-likeness (QED) is 0.668. The number of rotatable bonds is 5. The highest BCUT2D eigenvalue weighted by Gasteiger charge is 2.28. The number of nitrogens with two attached hydrogens (primary N) is 2. The largest absolute Gasteiger partial charge is 0.364 e. The van der Waals surface area contributed by atoms with E-state index < -0.39 is 5.91 Å². The molecule has 1 aromatic carbocycles. The van der Waals surface area contributed by atoms with Crippen molar-refractivity contribution in [1.82, 2.24) is 10.5 Å². The van der Waals surface area contributed by atoms with Crippen LogP contribution < -0.4 is 16.8 Å². The first-order chi connectivity index (χ1) is 14.8. The average Bonchev–Trinajstić information content (AvgIpc) is 3.46. The van der Waals surface area contributed by atoms with E-state index in [4.69, 9.17) is 16.0 Å². The van der Waals surface area contributed by atoms with Crippen LogP contribution in [0.25, 0.3) is 0 Å². The SMILES string of the molecule is CC(N)CC(=O)NC1CCCCC1.Cc1ccccc1.NC(=O)c1cc(C2CC2)on1. The molecule has 2 saturated carbocycles. The molecule has 7 heteroatoms. The van der Waals surface area contributed by atoms with Crippen LogP contribution in [0.3, 0.4) is 0 Å². The van der Waals surface area contributed by atoms with Crippen LogP contribution in [-0.4, -0.2) is 29.1 Å². The van der Waals surface area contributed by atoms with E-state index in [2.05, 4.69) is 29.5 Å². The first-order valence-corrected chi connectivity index (χ1v) is 11.2. The Hall–Kier alpha value is -2.67. The van der Waals surface area contributed by atoms with Gasteiger partial charge in [-0.15, -0.1) is 0 Å². The van der Waals surface area contributed by atoms with Crippen molar-refractivity contribution < 1.29 is 14.1 Å². The molecule has 0 aliphatic heterocycles. The third-order valence-electron chi connectivity index (χ3n) is 5.18. The second kappa shape index (κ2) is 12.9. The number of benzene rings is 1. The van der Waals surface area contributed by atoms with Gasteiger partial charge in [-0.2, -0.15) is 0 Å². The van der Waals surface area contributed by atoms with Crippen LogP contribution in [0.1, 0.15) is 86.0 Å². The molecule has 2 aromatic rings. The van der Waals surface area contributed by atoms with Gasteiger partial charge in [0.15, 0.2) is 5.69 Å². The van der Waals surface area contributed by atoms with Gasteiger partial charge in [0.05, 0.1) is 0 Å². The molecule has 0 radical (unpaired) electrons. The lowest BCUT2D eigenvalue weighted by atomic mass is 9.95. The summed E-state index contributed by atoms with van der Waals surface area (Å²) in [5.74, 6) is 0.858. The first-order valence-electron chi connectivity index (χ1n) is 11.2. The van der Waals surface area contributed by atoms with Gasteiger partial charge in [0.25, 0.3) is 5.91 Å². The molecule has 31 heavy (non-hydrogen) atoms. The maximum absolute atomic E-state index is 11.3. The van der Waals surface area contributed by atoms with Crippen molar-refractivity contribution in [2.75, 3.05) is 0 Å². The number of amides is 2. The van der Waals surface area contributed by atoms with Crippen molar-refractivity contribution >= 4 is 11.8 Å². The van der Waals surface area contributed by atoms with E-state index >= 15 is 0 Å². The van der Waals surface area contributed by atoms with Crippen molar-refractivity contribution in [3.8, 4) is 0 Å². The number of hydrogen-bond acceptors (Lipinski definition) is 5. The van der Waals surface area contributed by atoms with E-state index in [9.17, 15) is 9.59 Å².